The Balaban J connectivity index is 0.991. The van der Waals surface area contributed by atoms with Gasteiger partial charge in [0.1, 0.15) is 6.04 Å². The quantitative estimate of drug-likeness (QED) is 0.488. The number of nitrogens with one attached hydrogen (secondary N) is 1. The number of fused-ring (bicyclic) bond motifs is 1. The minimum absolute atomic E-state index is 0.0992. The van der Waals surface area contributed by atoms with Crippen molar-refractivity contribution in [2.24, 2.45) is 5.92 Å². The number of carbonyl (C=O) groups excluding carboxylic acids is 4. The highest BCUT2D eigenvalue weighted by atomic mass is 79.9. The third-order valence-electron chi connectivity index (χ3n) is 8.72. The second kappa shape index (κ2) is 11.5. The fourth-order valence-electron chi connectivity index (χ4n) is 6.32. The van der Waals surface area contributed by atoms with E-state index in [4.69, 9.17) is 0 Å². The van der Waals surface area contributed by atoms with E-state index in [9.17, 15) is 23.6 Å². The molecule has 6 rings (SSSR count). The zero-order valence-corrected chi connectivity index (χ0v) is 24.2. The standard InChI is InChI=1S/C29H32BrFN6O4/c30-19-15-23(31)26(32-17-19)36-9-6-18(7-10-36)5-8-34-11-13-35(14-12-34)20-1-2-21-22(16-20)29(41)37(28(21)40)24-3-4-25(38)33-27(24)39/h1-2,15-18,24H,3-14H2,(H,33,38,39). The maximum absolute atomic E-state index is 14.3. The lowest BCUT2D eigenvalue weighted by molar-refractivity contribution is -0.136. The molecular formula is C29H32BrFN6O4. The first-order chi connectivity index (χ1) is 19.8. The first-order valence-corrected chi connectivity index (χ1v) is 15.0. The molecule has 3 fully saturated rings. The third-order valence-corrected chi connectivity index (χ3v) is 9.15. The van der Waals surface area contributed by atoms with Crippen molar-refractivity contribution in [2.45, 2.75) is 38.1 Å². The summed E-state index contributed by atoms with van der Waals surface area (Å²) < 4.78 is 14.9. The van der Waals surface area contributed by atoms with E-state index in [1.807, 2.05) is 11.0 Å². The summed E-state index contributed by atoms with van der Waals surface area (Å²) in [7, 11) is 0. The van der Waals surface area contributed by atoms with E-state index in [2.05, 4.69) is 36.0 Å². The van der Waals surface area contributed by atoms with Gasteiger partial charge >= 0.3 is 0 Å². The van der Waals surface area contributed by atoms with Crippen molar-refractivity contribution in [1.82, 2.24) is 20.1 Å². The molecule has 0 bridgehead atoms. The molecule has 1 atom stereocenters. The van der Waals surface area contributed by atoms with Gasteiger partial charge in [0.15, 0.2) is 11.6 Å². The maximum atomic E-state index is 14.3. The van der Waals surface area contributed by atoms with Crippen LogP contribution in [-0.4, -0.2) is 90.3 Å². The van der Waals surface area contributed by atoms with E-state index < -0.39 is 23.8 Å². The van der Waals surface area contributed by atoms with Gasteiger partial charge in [-0.2, -0.15) is 0 Å². The molecule has 1 aromatic heterocycles. The fourth-order valence-corrected chi connectivity index (χ4v) is 6.63. The third kappa shape index (κ3) is 5.59. The van der Waals surface area contributed by atoms with Crippen LogP contribution in [0.15, 0.2) is 34.9 Å². The van der Waals surface area contributed by atoms with E-state index in [0.717, 1.165) is 75.7 Å². The smallest absolute Gasteiger partial charge is 0.262 e. The summed E-state index contributed by atoms with van der Waals surface area (Å²) in [6, 6.07) is 5.80. The Morgan fingerprint density at radius 1 is 0.902 bits per heavy atom. The highest BCUT2D eigenvalue weighted by molar-refractivity contribution is 9.10. The Labute approximate surface area is 246 Å². The normalized spacial score (nSPS) is 22.4. The van der Waals surface area contributed by atoms with Crippen LogP contribution in [0.25, 0.3) is 0 Å². The predicted octanol–water partition coefficient (Wildman–Crippen LogP) is 2.81. The van der Waals surface area contributed by atoms with Crippen LogP contribution in [0.5, 0.6) is 0 Å². The number of piperazine rings is 1. The van der Waals surface area contributed by atoms with Gasteiger partial charge in [0, 0.05) is 62.0 Å². The molecule has 5 heterocycles. The molecule has 4 aliphatic rings. The number of anilines is 2. The van der Waals surface area contributed by atoms with Gasteiger partial charge < -0.3 is 9.80 Å². The summed E-state index contributed by atoms with van der Waals surface area (Å²) in [5, 5.41) is 2.23. The molecule has 4 amide bonds. The van der Waals surface area contributed by atoms with E-state index in [1.54, 1.807) is 18.3 Å². The van der Waals surface area contributed by atoms with Crippen LogP contribution in [0.4, 0.5) is 15.9 Å². The summed E-state index contributed by atoms with van der Waals surface area (Å²) >= 11 is 3.26. The summed E-state index contributed by atoms with van der Waals surface area (Å²) in [4.78, 5) is 62.0. The largest absolute Gasteiger partial charge is 0.369 e. The van der Waals surface area contributed by atoms with Crippen molar-refractivity contribution in [1.29, 1.82) is 0 Å². The lowest BCUT2D eigenvalue weighted by atomic mass is 9.93. The monoisotopic (exact) mass is 626 g/mol. The van der Waals surface area contributed by atoms with E-state index >= 15 is 0 Å². The lowest BCUT2D eigenvalue weighted by Crippen LogP contribution is -2.54. The molecule has 12 heteroatoms. The number of pyridine rings is 1. The van der Waals surface area contributed by atoms with Crippen LogP contribution in [-0.2, 0) is 9.59 Å². The summed E-state index contributed by atoms with van der Waals surface area (Å²) in [6.45, 7) is 6.06. The minimum Gasteiger partial charge on any atom is -0.369 e. The molecule has 1 unspecified atom stereocenters. The van der Waals surface area contributed by atoms with Gasteiger partial charge in [-0.25, -0.2) is 9.37 Å². The molecule has 1 N–H and O–H groups in total. The topological polar surface area (TPSA) is 106 Å². The molecular weight excluding hydrogens is 595 g/mol. The van der Waals surface area contributed by atoms with Gasteiger partial charge in [0.25, 0.3) is 11.8 Å². The average molecular weight is 628 g/mol. The molecule has 0 saturated carbocycles. The minimum atomic E-state index is -0.960. The second-order valence-electron chi connectivity index (χ2n) is 11.2. The number of benzene rings is 1. The van der Waals surface area contributed by atoms with Crippen LogP contribution in [0, 0.1) is 11.7 Å². The molecule has 2 aromatic rings. The number of imide groups is 2. The second-order valence-corrected chi connectivity index (χ2v) is 12.1. The molecule has 0 spiro atoms. The highest BCUT2D eigenvalue weighted by Gasteiger charge is 2.44. The number of rotatable bonds is 6. The van der Waals surface area contributed by atoms with Gasteiger partial charge in [0.2, 0.25) is 11.8 Å². The van der Waals surface area contributed by atoms with Crippen molar-refractivity contribution in [3.63, 3.8) is 0 Å². The Bertz CT molecular complexity index is 1390. The van der Waals surface area contributed by atoms with Crippen LogP contribution in [0.3, 0.4) is 0 Å². The zero-order chi connectivity index (χ0) is 28.7. The Morgan fingerprint density at radius 3 is 2.34 bits per heavy atom. The number of hydrogen-bond donors (Lipinski definition) is 1. The molecule has 3 saturated heterocycles. The Morgan fingerprint density at radius 2 is 1.63 bits per heavy atom. The van der Waals surface area contributed by atoms with Crippen LogP contribution < -0.4 is 15.1 Å². The molecule has 4 aliphatic heterocycles. The van der Waals surface area contributed by atoms with E-state index in [-0.39, 0.29) is 24.6 Å². The zero-order valence-electron chi connectivity index (χ0n) is 22.7. The number of carbonyl (C=O) groups is 4. The molecule has 1 aromatic carbocycles. The van der Waals surface area contributed by atoms with Crippen LogP contribution >= 0.6 is 15.9 Å². The van der Waals surface area contributed by atoms with Gasteiger partial charge in [0.05, 0.1) is 11.1 Å². The van der Waals surface area contributed by atoms with Gasteiger partial charge in [-0.05, 0) is 78.3 Å². The number of aromatic nitrogens is 1. The van der Waals surface area contributed by atoms with Crippen LogP contribution in [0.2, 0.25) is 0 Å². The maximum Gasteiger partial charge on any atom is 0.262 e. The van der Waals surface area contributed by atoms with Crippen molar-refractivity contribution < 1.29 is 23.6 Å². The first-order valence-electron chi connectivity index (χ1n) is 14.2. The summed E-state index contributed by atoms with van der Waals surface area (Å²) in [5.41, 5.74) is 1.49. The molecule has 216 valence electrons. The summed E-state index contributed by atoms with van der Waals surface area (Å²) in [5.74, 6) is -1.21. The predicted molar refractivity (Wildman–Crippen MR) is 153 cm³/mol. The fraction of sp³-hybridized carbons (Fsp3) is 0.483. The number of hydrogen-bond acceptors (Lipinski definition) is 8. The van der Waals surface area contributed by atoms with Crippen LogP contribution in [0.1, 0.15) is 52.8 Å². The van der Waals surface area contributed by atoms with Gasteiger partial charge in [-0.15, -0.1) is 0 Å². The number of halogens is 2. The molecule has 0 radical (unpaired) electrons. The van der Waals surface area contributed by atoms with E-state index in [1.165, 1.54) is 6.07 Å². The van der Waals surface area contributed by atoms with Crippen molar-refractivity contribution in [2.75, 3.05) is 55.6 Å². The van der Waals surface area contributed by atoms with Crippen molar-refractivity contribution in [3.05, 3.63) is 51.9 Å². The molecule has 0 aliphatic carbocycles. The van der Waals surface area contributed by atoms with Crippen molar-refractivity contribution in [3.8, 4) is 0 Å². The Hall–Kier alpha value is -3.38. The SMILES string of the molecule is O=C1CCC(N2C(=O)c3ccc(N4CCN(CCC5CCN(c6ncc(Br)cc6F)CC5)CC4)cc3C2=O)C(=O)N1. The average Bonchev–Trinajstić information content (AvgIpc) is 3.21. The Kier molecular flexibility index (Phi) is 7.78. The lowest BCUT2D eigenvalue weighted by Gasteiger charge is -2.38. The highest BCUT2D eigenvalue weighted by Crippen LogP contribution is 2.31. The van der Waals surface area contributed by atoms with Gasteiger partial charge in [-0.3, -0.25) is 34.3 Å². The molecule has 10 nitrogen and oxygen atoms in total. The number of piperidine rings is 2. The number of nitrogens with zero attached hydrogens (tertiary/aromatic N) is 5. The number of amides is 4. The molecule has 41 heavy (non-hydrogen) atoms. The van der Waals surface area contributed by atoms with Crippen molar-refractivity contribution >= 4 is 51.1 Å². The van der Waals surface area contributed by atoms with Gasteiger partial charge in [-0.1, -0.05) is 0 Å². The summed E-state index contributed by atoms with van der Waals surface area (Å²) in [6.07, 6.45) is 5.03. The van der Waals surface area contributed by atoms with E-state index in [0.29, 0.717) is 27.3 Å². The first kappa shape index (κ1) is 27.8.